The van der Waals surface area contributed by atoms with Crippen molar-refractivity contribution in [2.24, 2.45) is 7.05 Å². The Morgan fingerprint density at radius 3 is 2.68 bits per heavy atom. The van der Waals surface area contributed by atoms with Gasteiger partial charge in [0.15, 0.2) is 10.9 Å². The standard InChI is InChI=1S/C10H13N5O3S/c1-7-12-10(18-13-7)8-3-15(4-8)19(16,17)9-5-14(2)6-11-9/h5-6,8H,3-4H2,1-2H3. The summed E-state index contributed by atoms with van der Waals surface area (Å²) in [6.45, 7) is 2.43. The van der Waals surface area contributed by atoms with Gasteiger partial charge in [-0.2, -0.15) is 9.29 Å². The van der Waals surface area contributed by atoms with Gasteiger partial charge in [-0.15, -0.1) is 0 Å². The summed E-state index contributed by atoms with van der Waals surface area (Å²) in [6.07, 6.45) is 2.95. The van der Waals surface area contributed by atoms with Crippen molar-refractivity contribution in [2.75, 3.05) is 13.1 Å². The maximum Gasteiger partial charge on any atom is 0.262 e. The SMILES string of the molecule is Cc1noc(C2CN(S(=O)(=O)c3cn(C)cn3)C2)n1. The van der Waals surface area contributed by atoms with Crippen molar-refractivity contribution < 1.29 is 12.9 Å². The highest BCUT2D eigenvalue weighted by atomic mass is 32.2. The third-order valence-electron chi connectivity index (χ3n) is 3.03. The van der Waals surface area contributed by atoms with Crippen molar-refractivity contribution in [3.63, 3.8) is 0 Å². The molecule has 3 heterocycles. The summed E-state index contributed by atoms with van der Waals surface area (Å²) in [5, 5.41) is 3.76. The fourth-order valence-electron chi connectivity index (χ4n) is 1.92. The van der Waals surface area contributed by atoms with Crippen LogP contribution in [-0.4, -0.2) is 45.5 Å². The van der Waals surface area contributed by atoms with Gasteiger partial charge >= 0.3 is 0 Å². The van der Waals surface area contributed by atoms with Crippen LogP contribution in [0, 0.1) is 6.92 Å². The van der Waals surface area contributed by atoms with Crippen LogP contribution in [0.3, 0.4) is 0 Å². The third-order valence-corrected chi connectivity index (χ3v) is 4.74. The lowest BCUT2D eigenvalue weighted by molar-refractivity contribution is 0.216. The predicted octanol–water partition coefficient (Wildman–Crippen LogP) is -0.100. The van der Waals surface area contributed by atoms with Gasteiger partial charge in [-0.1, -0.05) is 5.16 Å². The highest BCUT2D eigenvalue weighted by Crippen LogP contribution is 2.30. The molecule has 0 saturated carbocycles. The van der Waals surface area contributed by atoms with E-state index in [9.17, 15) is 8.42 Å². The first kappa shape index (κ1) is 12.3. The fourth-order valence-corrected chi connectivity index (χ4v) is 3.42. The molecule has 3 rings (SSSR count). The van der Waals surface area contributed by atoms with Crippen LogP contribution >= 0.6 is 0 Å². The Hall–Kier alpha value is -1.74. The highest BCUT2D eigenvalue weighted by Gasteiger charge is 2.41. The van der Waals surface area contributed by atoms with Gasteiger partial charge in [0.2, 0.25) is 5.89 Å². The second kappa shape index (κ2) is 4.14. The topological polar surface area (TPSA) is 94.1 Å². The number of hydrogen-bond acceptors (Lipinski definition) is 6. The van der Waals surface area contributed by atoms with Crippen LogP contribution in [0.15, 0.2) is 22.1 Å². The molecular formula is C10H13N5O3S. The van der Waals surface area contributed by atoms with Crippen LogP contribution < -0.4 is 0 Å². The zero-order valence-corrected chi connectivity index (χ0v) is 11.3. The van der Waals surface area contributed by atoms with Gasteiger partial charge in [0.05, 0.1) is 12.2 Å². The molecule has 0 spiro atoms. The van der Waals surface area contributed by atoms with Gasteiger partial charge in [0.25, 0.3) is 10.0 Å². The molecule has 0 bridgehead atoms. The minimum absolute atomic E-state index is 0.0281. The summed E-state index contributed by atoms with van der Waals surface area (Å²) in [5.74, 6) is 1.02. The Labute approximate surface area is 110 Å². The molecule has 19 heavy (non-hydrogen) atoms. The molecular weight excluding hydrogens is 270 g/mol. The van der Waals surface area contributed by atoms with Gasteiger partial charge in [0.1, 0.15) is 0 Å². The number of sulfonamides is 1. The minimum atomic E-state index is -3.50. The Morgan fingerprint density at radius 2 is 2.16 bits per heavy atom. The van der Waals surface area contributed by atoms with Gasteiger partial charge in [-0.3, -0.25) is 0 Å². The number of hydrogen-bond donors (Lipinski definition) is 0. The molecule has 2 aromatic heterocycles. The summed E-state index contributed by atoms with van der Waals surface area (Å²) >= 11 is 0. The molecule has 0 aliphatic carbocycles. The monoisotopic (exact) mass is 283 g/mol. The van der Waals surface area contributed by atoms with E-state index in [4.69, 9.17) is 4.52 Å². The first-order valence-corrected chi connectivity index (χ1v) is 7.19. The Bertz CT molecular complexity index is 698. The lowest BCUT2D eigenvalue weighted by Gasteiger charge is -2.35. The second-order valence-corrected chi connectivity index (χ2v) is 6.46. The molecule has 2 aromatic rings. The number of aryl methyl sites for hydroxylation is 2. The molecule has 0 aromatic carbocycles. The van der Waals surface area contributed by atoms with E-state index in [1.54, 1.807) is 18.5 Å². The van der Waals surface area contributed by atoms with Crippen LogP contribution in [0.4, 0.5) is 0 Å². The molecule has 1 fully saturated rings. The zero-order chi connectivity index (χ0) is 13.6. The lowest BCUT2D eigenvalue weighted by atomic mass is 10.0. The van der Waals surface area contributed by atoms with E-state index >= 15 is 0 Å². The summed E-state index contributed by atoms with van der Waals surface area (Å²) < 4.78 is 32.4. The van der Waals surface area contributed by atoms with Crippen LogP contribution in [0.5, 0.6) is 0 Å². The lowest BCUT2D eigenvalue weighted by Crippen LogP contribution is -2.48. The maximum atomic E-state index is 12.2. The Kier molecular flexibility index (Phi) is 2.68. The van der Waals surface area contributed by atoms with E-state index in [-0.39, 0.29) is 10.9 Å². The van der Waals surface area contributed by atoms with Crippen LogP contribution in [0.1, 0.15) is 17.6 Å². The van der Waals surface area contributed by atoms with E-state index in [0.717, 1.165) is 0 Å². The molecule has 0 atom stereocenters. The number of imidazole rings is 1. The van der Waals surface area contributed by atoms with E-state index in [1.807, 2.05) is 0 Å². The van der Waals surface area contributed by atoms with E-state index < -0.39 is 10.0 Å². The number of rotatable bonds is 3. The average Bonchev–Trinajstić information content (AvgIpc) is 2.85. The molecule has 0 radical (unpaired) electrons. The molecule has 0 N–H and O–H groups in total. The molecule has 1 aliphatic rings. The van der Waals surface area contributed by atoms with Gasteiger partial charge in [0, 0.05) is 26.3 Å². The maximum absolute atomic E-state index is 12.2. The van der Waals surface area contributed by atoms with E-state index in [2.05, 4.69) is 15.1 Å². The van der Waals surface area contributed by atoms with Crippen LogP contribution in [0.25, 0.3) is 0 Å². The molecule has 8 nitrogen and oxygen atoms in total. The fraction of sp³-hybridized carbons (Fsp3) is 0.500. The molecule has 102 valence electrons. The predicted molar refractivity (Wildman–Crippen MR) is 63.7 cm³/mol. The second-order valence-electron chi connectivity index (χ2n) is 4.58. The van der Waals surface area contributed by atoms with Crippen molar-refractivity contribution in [2.45, 2.75) is 17.9 Å². The first-order chi connectivity index (χ1) is 8.96. The van der Waals surface area contributed by atoms with Crippen molar-refractivity contribution in [1.82, 2.24) is 24.0 Å². The smallest absolute Gasteiger partial charge is 0.262 e. The summed E-state index contributed by atoms with van der Waals surface area (Å²) in [7, 11) is -1.78. The van der Waals surface area contributed by atoms with Crippen molar-refractivity contribution in [3.8, 4) is 0 Å². The van der Waals surface area contributed by atoms with E-state index in [1.165, 1.54) is 16.8 Å². The molecule has 9 heteroatoms. The van der Waals surface area contributed by atoms with Gasteiger partial charge in [-0.05, 0) is 6.92 Å². The van der Waals surface area contributed by atoms with Crippen molar-refractivity contribution in [1.29, 1.82) is 0 Å². The molecule has 1 aliphatic heterocycles. The van der Waals surface area contributed by atoms with Crippen LogP contribution in [-0.2, 0) is 17.1 Å². The first-order valence-electron chi connectivity index (χ1n) is 5.75. The van der Waals surface area contributed by atoms with Crippen LogP contribution in [0.2, 0.25) is 0 Å². The summed E-state index contributed by atoms with van der Waals surface area (Å²) in [6, 6.07) is 0. The molecule has 1 saturated heterocycles. The Morgan fingerprint density at radius 1 is 1.42 bits per heavy atom. The van der Waals surface area contributed by atoms with Crippen molar-refractivity contribution in [3.05, 3.63) is 24.2 Å². The highest BCUT2D eigenvalue weighted by molar-refractivity contribution is 7.89. The number of nitrogens with zero attached hydrogens (tertiary/aromatic N) is 5. The summed E-state index contributed by atoms with van der Waals surface area (Å²) in [5.41, 5.74) is 0. The quantitative estimate of drug-likeness (QED) is 0.780. The zero-order valence-electron chi connectivity index (χ0n) is 10.5. The summed E-state index contributed by atoms with van der Waals surface area (Å²) in [4.78, 5) is 7.98. The average molecular weight is 283 g/mol. The third kappa shape index (κ3) is 2.04. The minimum Gasteiger partial charge on any atom is -0.339 e. The van der Waals surface area contributed by atoms with Gasteiger partial charge in [-0.25, -0.2) is 13.4 Å². The molecule has 0 unspecified atom stereocenters. The van der Waals surface area contributed by atoms with Gasteiger partial charge < -0.3 is 9.09 Å². The van der Waals surface area contributed by atoms with Crippen molar-refractivity contribution >= 4 is 10.0 Å². The normalized spacial score (nSPS) is 17.6. The number of aromatic nitrogens is 4. The largest absolute Gasteiger partial charge is 0.339 e. The van der Waals surface area contributed by atoms with E-state index in [0.29, 0.717) is 24.8 Å². The molecule has 0 amide bonds. The Balaban J connectivity index is 1.73.